The van der Waals surface area contributed by atoms with E-state index >= 15 is 0 Å². The van der Waals surface area contributed by atoms with Gasteiger partial charge in [0, 0.05) is 32.0 Å². The van der Waals surface area contributed by atoms with Crippen molar-refractivity contribution in [3.8, 4) is 5.75 Å². The van der Waals surface area contributed by atoms with Gasteiger partial charge in [-0.3, -0.25) is 4.79 Å². The first-order valence-corrected chi connectivity index (χ1v) is 8.99. The number of aromatic nitrogens is 3. The number of nitrogens with zero attached hydrogens (tertiary/aromatic N) is 4. The van der Waals surface area contributed by atoms with Crippen LogP contribution in [0.25, 0.3) is 0 Å². The van der Waals surface area contributed by atoms with Gasteiger partial charge in [0.25, 0.3) is 0 Å². The van der Waals surface area contributed by atoms with E-state index in [-0.39, 0.29) is 5.91 Å². The number of rotatable bonds is 6. The van der Waals surface area contributed by atoms with Crippen molar-refractivity contribution in [2.24, 2.45) is 0 Å². The number of hydrogen-bond donors (Lipinski definition) is 0. The highest BCUT2D eigenvalue weighted by Gasteiger charge is 2.27. The number of carbonyl (C=O) groups excluding carboxylic acids is 1. The quantitative estimate of drug-likeness (QED) is 0.810. The van der Waals surface area contributed by atoms with Crippen LogP contribution in [0.5, 0.6) is 5.75 Å². The summed E-state index contributed by atoms with van der Waals surface area (Å²) in [5.41, 5.74) is 1.16. The third kappa shape index (κ3) is 4.18. The van der Waals surface area contributed by atoms with Crippen molar-refractivity contribution in [2.75, 3.05) is 20.2 Å². The summed E-state index contributed by atoms with van der Waals surface area (Å²) >= 11 is 0. The zero-order valence-corrected chi connectivity index (χ0v) is 15.0. The number of hydrogen-bond acceptors (Lipinski definition) is 4. The van der Waals surface area contributed by atoms with Gasteiger partial charge in [-0.2, -0.15) is 0 Å². The molecule has 1 atom stereocenters. The van der Waals surface area contributed by atoms with Crippen LogP contribution in [0, 0.1) is 0 Å². The van der Waals surface area contributed by atoms with E-state index in [4.69, 9.17) is 4.74 Å². The van der Waals surface area contributed by atoms with Crippen LogP contribution in [0.3, 0.4) is 0 Å². The molecule has 1 aromatic heterocycles. The summed E-state index contributed by atoms with van der Waals surface area (Å²) in [6.45, 7) is 4.55. The van der Waals surface area contributed by atoms with Crippen molar-refractivity contribution in [2.45, 2.75) is 45.1 Å². The molecule has 0 N–H and O–H groups in total. The van der Waals surface area contributed by atoms with Crippen molar-refractivity contribution < 1.29 is 9.53 Å². The number of amides is 1. The van der Waals surface area contributed by atoms with Gasteiger partial charge in [0.1, 0.15) is 17.9 Å². The topological polar surface area (TPSA) is 60.2 Å². The van der Waals surface area contributed by atoms with Gasteiger partial charge in [0.2, 0.25) is 5.91 Å². The fraction of sp³-hybridized carbons (Fsp3) is 0.526. The maximum Gasteiger partial charge on any atom is 0.222 e. The Balaban J connectivity index is 1.56. The van der Waals surface area contributed by atoms with Gasteiger partial charge in [-0.05, 0) is 43.9 Å². The van der Waals surface area contributed by atoms with Gasteiger partial charge < -0.3 is 14.2 Å². The highest BCUT2D eigenvalue weighted by atomic mass is 16.5. The van der Waals surface area contributed by atoms with Crippen LogP contribution < -0.4 is 4.74 Å². The van der Waals surface area contributed by atoms with Gasteiger partial charge in [-0.25, -0.2) is 0 Å². The number of methoxy groups -OCH3 is 1. The Labute approximate surface area is 148 Å². The first-order valence-electron chi connectivity index (χ1n) is 8.99. The van der Waals surface area contributed by atoms with Crippen molar-refractivity contribution in [3.05, 3.63) is 42.0 Å². The largest absolute Gasteiger partial charge is 0.497 e. The second kappa shape index (κ2) is 8.14. The number of aryl methyl sites for hydroxylation is 2. The minimum atomic E-state index is 0.225. The summed E-state index contributed by atoms with van der Waals surface area (Å²) in [4.78, 5) is 14.6. The summed E-state index contributed by atoms with van der Waals surface area (Å²) in [5.74, 6) is 2.37. The van der Waals surface area contributed by atoms with Crippen LogP contribution >= 0.6 is 0 Å². The molecule has 6 heteroatoms. The summed E-state index contributed by atoms with van der Waals surface area (Å²) in [7, 11) is 1.66. The van der Waals surface area contributed by atoms with Crippen molar-refractivity contribution in [1.29, 1.82) is 0 Å². The molecule has 6 nitrogen and oxygen atoms in total. The van der Waals surface area contributed by atoms with E-state index in [0.29, 0.717) is 12.3 Å². The van der Waals surface area contributed by atoms with E-state index in [1.807, 2.05) is 29.2 Å². The molecule has 0 aliphatic carbocycles. The van der Waals surface area contributed by atoms with Crippen LogP contribution in [-0.2, 0) is 17.8 Å². The predicted molar refractivity (Wildman–Crippen MR) is 95.6 cm³/mol. The average Bonchev–Trinajstić information content (AvgIpc) is 3.15. The molecule has 3 rings (SSSR count). The average molecular weight is 342 g/mol. The van der Waals surface area contributed by atoms with Crippen LogP contribution in [0.2, 0.25) is 0 Å². The molecule has 0 bridgehead atoms. The van der Waals surface area contributed by atoms with E-state index in [1.165, 1.54) is 0 Å². The lowest BCUT2D eigenvalue weighted by Gasteiger charge is -2.32. The number of benzene rings is 1. The lowest BCUT2D eigenvalue weighted by molar-refractivity contribution is -0.132. The molecule has 0 saturated carbocycles. The molecule has 2 aromatic rings. The van der Waals surface area contributed by atoms with Gasteiger partial charge >= 0.3 is 0 Å². The second-order valence-electron chi connectivity index (χ2n) is 6.50. The lowest BCUT2D eigenvalue weighted by atomic mass is 9.96. The number of piperidine rings is 1. The Morgan fingerprint density at radius 3 is 2.84 bits per heavy atom. The van der Waals surface area contributed by atoms with Crippen LogP contribution in [-0.4, -0.2) is 45.8 Å². The summed E-state index contributed by atoms with van der Waals surface area (Å²) < 4.78 is 7.25. The monoisotopic (exact) mass is 342 g/mol. The van der Waals surface area contributed by atoms with E-state index in [2.05, 4.69) is 21.7 Å². The highest BCUT2D eigenvalue weighted by molar-refractivity contribution is 5.76. The van der Waals surface area contributed by atoms with Crippen LogP contribution in [0.15, 0.2) is 30.6 Å². The molecule has 1 aliphatic rings. The minimum Gasteiger partial charge on any atom is -0.497 e. The van der Waals surface area contributed by atoms with E-state index in [0.717, 1.165) is 56.0 Å². The van der Waals surface area contributed by atoms with Gasteiger partial charge in [-0.1, -0.05) is 12.1 Å². The number of likely N-dealkylation sites (tertiary alicyclic amines) is 1. The molecule has 0 radical (unpaired) electrons. The molecule has 25 heavy (non-hydrogen) atoms. The molecule has 134 valence electrons. The van der Waals surface area contributed by atoms with Crippen molar-refractivity contribution in [1.82, 2.24) is 19.7 Å². The Morgan fingerprint density at radius 2 is 2.12 bits per heavy atom. The highest BCUT2D eigenvalue weighted by Crippen LogP contribution is 2.26. The predicted octanol–water partition coefficient (Wildman–Crippen LogP) is 2.65. The second-order valence-corrected chi connectivity index (χ2v) is 6.50. The van der Waals surface area contributed by atoms with Crippen molar-refractivity contribution in [3.63, 3.8) is 0 Å². The first kappa shape index (κ1) is 17.5. The maximum atomic E-state index is 12.6. The van der Waals surface area contributed by atoms with E-state index in [9.17, 15) is 4.79 Å². The van der Waals surface area contributed by atoms with Gasteiger partial charge in [-0.15, -0.1) is 10.2 Å². The van der Waals surface area contributed by atoms with Crippen molar-refractivity contribution >= 4 is 5.91 Å². The zero-order chi connectivity index (χ0) is 17.6. The molecule has 1 unspecified atom stereocenters. The molecule has 1 aliphatic heterocycles. The molecule has 1 fully saturated rings. The van der Waals surface area contributed by atoms with Crippen LogP contribution in [0.1, 0.15) is 43.5 Å². The summed E-state index contributed by atoms with van der Waals surface area (Å²) in [6.07, 6.45) is 5.17. The number of carbonyl (C=O) groups is 1. The Kier molecular flexibility index (Phi) is 5.68. The lowest BCUT2D eigenvalue weighted by Crippen LogP contribution is -2.39. The maximum absolute atomic E-state index is 12.6. The zero-order valence-electron chi connectivity index (χ0n) is 15.0. The van der Waals surface area contributed by atoms with Gasteiger partial charge in [0.05, 0.1) is 7.11 Å². The van der Waals surface area contributed by atoms with Gasteiger partial charge in [0.15, 0.2) is 0 Å². The summed E-state index contributed by atoms with van der Waals surface area (Å²) in [5, 5.41) is 8.30. The third-order valence-electron chi connectivity index (χ3n) is 4.91. The Morgan fingerprint density at radius 1 is 1.32 bits per heavy atom. The summed E-state index contributed by atoms with van der Waals surface area (Å²) in [6, 6.07) is 7.92. The normalized spacial score (nSPS) is 17.5. The molecule has 1 aromatic carbocycles. The Hall–Kier alpha value is -2.37. The van der Waals surface area contributed by atoms with E-state index < -0.39 is 0 Å². The first-order chi connectivity index (χ1) is 12.2. The smallest absolute Gasteiger partial charge is 0.222 e. The molecular formula is C19H26N4O2. The molecule has 1 amide bonds. The molecule has 2 heterocycles. The van der Waals surface area contributed by atoms with E-state index in [1.54, 1.807) is 13.4 Å². The fourth-order valence-electron chi connectivity index (χ4n) is 3.44. The number of ether oxygens (including phenoxy) is 1. The SMILES string of the molecule is CCn1cnnc1C1CCCN(C(=O)CCc2ccc(OC)cc2)C1. The molecule has 1 saturated heterocycles. The molecule has 0 spiro atoms. The molecular weight excluding hydrogens is 316 g/mol. The minimum absolute atomic E-state index is 0.225. The fourth-order valence-corrected chi connectivity index (χ4v) is 3.44. The standard InChI is InChI=1S/C19H26N4O2/c1-3-22-14-20-21-19(22)16-5-4-12-23(13-16)18(24)11-8-15-6-9-17(25-2)10-7-15/h6-7,9-10,14,16H,3-5,8,11-13H2,1-2H3. The third-order valence-corrected chi connectivity index (χ3v) is 4.91. The van der Waals surface area contributed by atoms with Crippen LogP contribution in [0.4, 0.5) is 0 Å². The Bertz CT molecular complexity index is 696.